The normalized spacial score (nSPS) is 12.9. The molecule has 0 fully saturated rings. The summed E-state index contributed by atoms with van der Waals surface area (Å²) in [6.07, 6.45) is 1.21. The predicted octanol–water partition coefficient (Wildman–Crippen LogP) is 6.99. The topological polar surface area (TPSA) is 58.6 Å². The van der Waals surface area contributed by atoms with Gasteiger partial charge in [0.2, 0.25) is 5.91 Å². The molecule has 39 heavy (non-hydrogen) atoms. The number of hydrogen-bond donors (Lipinski definition) is 1. The Morgan fingerprint density at radius 2 is 1.67 bits per heavy atom. The van der Waals surface area contributed by atoms with Crippen molar-refractivity contribution in [1.82, 2.24) is 10.2 Å². The summed E-state index contributed by atoms with van der Waals surface area (Å²) in [5, 5.41) is 3.11. The van der Waals surface area contributed by atoms with Crippen molar-refractivity contribution in [2.75, 3.05) is 6.61 Å². The minimum Gasteiger partial charge on any atom is -0.483 e. The van der Waals surface area contributed by atoms with Gasteiger partial charge in [-0.3, -0.25) is 9.59 Å². The molecule has 3 aromatic rings. The lowest BCUT2D eigenvalue weighted by molar-refractivity contribution is -0.143. The molecular formula is C33H41BrN2O3. The van der Waals surface area contributed by atoms with Gasteiger partial charge in [0.05, 0.1) is 4.47 Å². The highest BCUT2D eigenvalue weighted by Gasteiger charge is 2.31. The van der Waals surface area contributed by atoms with Crippen molar-refractivity contribution in [1.29, 1.82) is 0 Å². The monoisotopic (exact) mass is 592 g/mol. The maximum absolute atomic E-state index is 13.9. The minimum absolute atomic E-state index is 0.000256. The zero-order chi connectivity index (χ0) is 28.6. The fourth-order valence-corrected chi connectivity index (χ4v) is 4.77. The van der Waals surface area contributed by atoms with Crippen LogP contribution in [0.1, 0.15) is 63.3 Å². The van der Waals surface area contributed by atoms with Crippen LogP contribution in [0.4, 0.5) is 0 Å². The van der Waals surface area contributed by atoms with Gasteiger partial charge in [0.1, 0.15) is 11.8 Å². The summed E-state index contributed by atoms with van der Waals surface area (Å²) in [5.74, 6) is 0.187. The van der Waals surface area contributed by atoms with Crippen LogP contribution in [0.5, 0.6) is 5.75 Å². The van der Waals surface area contributed by atoms with Crippen molar-refractivity contribution >= 4 is 27.7 Å². The molecule has 6 heteroatoms. The standard InChI is InChI=1S/C33H41BrN2O3/c1-7-24(3)35-32(38)29(19-25-14-9-8-10-15-25)36(21-26-16-12-11-13-23(26)2)31(37)22-39-30-18-17-27(20-28(30)34)33(4,5)6/h8-18,20,24,29H,7,19,21-22H2,1-6H3,(H,35,38)/t24-,29+/m0/s1. The minimum atomic E-state index is -0.691. The highest BCUT2D eigenvalue weighted by molar-refractivity contribution is 9.10. The van der Waals surface area contributed by atoms with E-state index in [0.717, 1.165) is 27.6 Å². The van der Waals surface area contributed by atoms with Gasteiger partial charge >= 0.3 is 0 Å². The van der Waals surface area contributed by atoms with Crippen LogP contribution in [0, 0.1) is 6.92 Å². The summed E-state index contributed by atoms with van der Waals surface area (Å²) in [6, 6.07) is 23.0. The number of ether oxygens (including phenoxy) is 1. The van der Waals surface area contributed by atoms with Crippen LogP contribution in [-0.2, 0) is 28.0 Å². The van der Waals surface area contributed by atoms with Gasteiger partial charge in [-0.2, -0.15) is 0 Å². The molecule has 3 rings (SSSR count). The van der Waals surface area contributed by atoms with Gasteiger partial charge in [-0.05, 0) is 76.0 Å². The molecule has 0 radical (unpaired) electrons. The summed E-state index contributed by atoms with van der Waals surface area (Å²) >= 11 is 3.61. The molecule has 2 atom stereocenters. The number of amides is 2. The summed E-state index contributed by atoms with van der Waals surface area (Å²) in [4.78, 5) is 29.2. The van der Waals surface area contributed by atoms with E-state index < -0.39 is 6.04 Å². The molecule has 208 valence electrons. The van der Waals surface area contributed by atoms with E-state index in [1.165, 1.54) is 5.56 Å². The van der Waals surface area contributed by atoms with Crippen LogP contribution in [0.2, 0.25) is 0 Å². The number of nitrogens with zero attached hydrogens (tertiary/aromatic N) is 1. The highest BCUT2D eigenvalue weighted by Crippen LogP contribution is 2.31. The van der Waals surface area contributed by atoms with Gasteiger partial charge in [0.25, 0.3) is 5.91 Å². The molecule has 0 unspecified atom stereocenters. The number of halogens is 1. The first-order valence-corrected chi connectivity index (χ1v) is 14.4. The molecule has 0 aromatic heterocycles. The lowest BCUT2D eigenvalue weighted by atomic mass is 9.87. The second-order valence-electron chi connectivity index (χ2n) is 11.2. The summed E-state index contributed by atoms with van der Waals surface area (Å²) in [7, 11) is 0. The zero-order valence-corrected chi connectivity index (χ0v) is 25.5. The Hall–Kier alpha value is -3.12. The van der Waals surface area contributed by atoms with E-state index in [-0.39, 0.29) is 29.9 Å². The average Bonchev–Trinajstić information content (AvgIpc) is 2.90. The average molecular weight is 594 g/mol. The van der Waals surface area contributed by atoms with Gasteiger partial charge < -0.3 is 15.0 Å². The van der Waals surface area contributed by atoms with Crippen LogP contribution in [0.3, 0.4) is 0 Å². The fourth-order valence-electron chi connectivity index (χ4n) is 4.27. The number of carbonyl (C=O) groups excluding carboxylic acids is 2. The first-order valence-electron chi connectivity index (χ1n) is 13.6. The van der Waals surface area contributed by atoms with Crippen LogP contribution in [0.25, 0.3) is 0 Å². The van der Waals surface area contributed by atoms with Crippen molar-refractivity contribution in [2.45, 2.75) is 78.4 Å². The molecule has 0 aliphatic heterocycles. The molecule has 2 amide bonds. The Labute approximate surface area is 242 Å². The van der Waals surface area contributed by atoms with E-state index in [9.17, 15) is 9.59 Å². The zero-order valence-electron chi connectivity index (χ0n) is 24.0. The third-order valence-electron chi connectivity index (χ3n) is 7.02. The van der Waals surface area contributed by atoms with E-state index >= 15 is 0 Å². The first-order chi connectivity index (χ1) is 18.5. The van der Waals surface area contributed by atoms with E-state index in [2.05, 4.69) is 42.0 Å². The number of rotatable bonds is 11. The third kappa shape index (κ3) is 8.69. The van der Waals surface area contributed by atoms with Crippen molar-refractivity contribution in [3.63, 3.8) is 0 Å². The summed E-state index contributed by atoms with van der Waals surface area (Å²) in [5.41, 5.74) is 4.22. The molecule has 5 nitrogen and oxygen atoms in total. The molecule has 0 heterocycles. The number of carbonyl (C=O) groups is 2. The Morgan fingerprint density at radius 1 is 1.00 bits per heavy atom. The maximum atomic E-state index is 13.9. The predicted molar refractivity (Wildman–Crippen MR) is 162 cm³/mol. The second kappa shape index (κ2) is 13.8. The van der Waals surface area contributed by atoms with Crippen LogP contribution in [0.15, 0.2) is 77.3 Å². The Bertz CT molecular complexity index is 1250. The van der Waals surface area contributed by atoms with Gasteiger partial charge in [-0.1, -0.05) is 88.4 Å². The molecule has 0 saturated heterocycles. The van der Waals surface area contributed by atoms with E-state index in [0.29, 0.717) is 18.7 Å². The van der Waals surface area contributed by atoms with Crippen LogP contribution in [-0.4, -0.2) is 35.4 Å². The van der Waals surface area contributed by atoms with Gasteiger partial charge in [-0.15, -0.1) is 0 Å². The van der Waals surface area contributed by atoms with Crippen molar-refractivity contribution in [3.05, 3.63) is 99.5 Å². The Morgan fingerprint density at radius 3 is 2.28 bits per heavy atom. The summed E-state index contributed by atoms with van der Waals surface area (Å²) in [6.45, 7) is 12.6. The van der Waals surface area contributed by atoms with Gasteiger partial charge in [-0.25, -0.2) is 0 Å². The molecule has 1 N–H and O–H groups in total. The Balaban J connectivity index is 1.93. The van der Waals surface area contributed by atoms with Crippen LogP contribution >= 0.6 is 15.9 Å². The van der Waals surface area contributed by atoms with Crippen molar-refractivity contribution < 1.29 is 14.3 Å². The molecule has 0 aliphatic carbocycles. The smallest absolute Gasteiger partial charge is 0.261 e. The fraction of sp³-hybridized carbons (Fsp3) is 0.394. The van der Waals surface area contributed by atoms with E-state index in [1.807, 2.05) is 93.6 Å². The second-order valence-corrected chi connectivity index (χ2v) is 12.0. The van der Waals surface area contributed by atoms with E-state index in [1.54, 1.807) is 4.90 Å². The SMILES string of the molecule is CC[C@H](C)NC(=O)[C@@H](Cc1ccccc1)N(Cc1ccccc1C)C(=O)COc1ccc(C(C)(C)C)cc1Br. The van der Waals surface area contributed by atoms with Gasteiger partial charge in [0, 0.05) is 19.0 Å². The van der Waals surface area contributed by atoms with Gasteiger partial charge in [0.15, 0.2) is 6.61 Å². The Kier molecular flexibility index (Phi) is 10.8. The largest absolute Gasteiger partial charge is 0.483 e. The van der Waals surface area contributed by atoms with Crippen molar-refractivity contribution in [2.24, 2.45) is 0 Å². The van der Waals surface area contributed by atoms with Crippen LogP contribution < -0.4 is 10.1 Å². The molecule has 3 aromatic carbocycles. The van der Waals surface area contributed by atoms with E-state index in [4.69, 9.17) is 4.74 Å². The molecule has 0 aliphatic rings. The molecule has 0 saturated carbocycles. The highest BCUT2D eigenvalue weighted by atomic mass is 79.9. The van der Waals surface area contributed by atoms with Crippen molar-refractivity contribution in [3.8, 4) is 5.75 Å². The number of nitrogens with one attached hydrogen (secondary N) is 1. The quantitative estimate of drug-likeness (QED) is 0.261. The number of aryl methyl sites for hydroxylation is 1. The molecule has 0 spiro atoms. The first kappa shape index (κ1) is 30.4. The number of benzene rings is 3. The maximum Gasteiger partial charge on any atom is 0.261 e. The third-order valence-corrected chi connectivity index (χ3v) is 7.64. The lowest BCUT2D eigenvalue weighted by Gasteiger charge is -2.32. The summed E-state index contributed by atoms with van der Waals surface area (Å²) < 4.78 is 6.82. The number of hydrogen-bond acceptors (Lipinski definition) is 3. The lowest BCUT2D eigenvalue weighted by Crippen LogP contribution is -2.53. The molecular weight excluding hydrogens is 552 g/mol. The molecule has 0 bridgehead atoms.